The highest BCUT2D eigenvalue weighted by Gasteiger charge is 2.08. The standard InChI is InChI=1S/C14H12N2O2/c1-9-7-14(17)15-13-8-12(18-2)10-5-3-4-6-11(10)16(9)13/h3-8H,1-2H3. The second-order valence-electron chi connectivity index (χ2n) is 4.16. The average Bonchev–Trinajstić information content (AvgIpc) is 2.36. The molecule has 0 aliphatic rings. The smallest absolute Gasteiger partial charge is 0.273 e. The van der Waals surface area contributed by atoms with E-state index in [0.29, 0.717) is 5.65 Å². The highest BCUT2D eigenvalue weighted by atomic mass is 16.5. The van der Waals surface area contributed by atoms with Gasteiger partial charge in [-0.3, -0.25) is 9.20 Å². The molecule has 0 aliphatic carbocycles. The lowest BCUT2D eigenvalue weighted by atomic mass is 10.2. The SMILES string of the molecule is COc1cc2nc(=O)cc(C)n2c2ccccc12. The largest absolute Gasteiger partial charge is 0.496 e. The Morgan fingerprint density at radius 3 is 2.78 bits per heavy atom. The summed E-state index contributed by atoms with van der Waals surface area (Å²) in [6, 6.07) is 11.2. The van der Waals surface area contributed by atoms with Crippen LogP contribution in [0.3, 0.4) is 0 Å². The Morgan fingerprint density at radius 1 is 1.22 bits per heavy atom. The van der Waals surface area contributed by atoms with Crippen molar-refractivity contribution in [2.24, 2.45) is 0 Å². The first kappa shape index (κ1) is 10.8. The Kier molecular flexibility index (Phi) is 2.30. The molecule has 0 fully saturated rings. The second kappa shape index (κ2) is 3.84. The van der Waals surface area contributed by atoms with Crippen LogP contribution in [0.5, 0.6) is 5.75 Å². The molecule has 0 amide bonds. The fourth-order valence-corrected chi connectivity index (χ4v) is 2.27. The fourth-order valence-electron chi connectivity index (χ4n) is 2.27. The summed E-state index contributed by atoms with van der Waals surface area (Å²) >= 11 is 0. The molecular weight excluding hydrogens is 228 g/mol. The van der Waals surface area contributed by atoms with Crippen LogP contribution in [0, 0.1) is 6.92 Å². The molecule has 18 heavy (non-hydrogen) atoms. The molecule has 4 heteroatoms. The first-order valence-corrected chi connectivity index (χ1v) is 5.67. The molecular formula is C14H12N2O2. The van der Waals surface area contributed by atoms with E-state index in [2.05, 4.69) is 4.98 Å². The van der Waals surface area contributed by atoms with Gasteiger partial charge < -0.3 is 4.74 Å². The third-order valence-corrected chi connectivity index (χ3v) is 3.03. The Labute approximate surface area is 103 Å². The van der Waals surface area contributed by atoms with Crippen LogP contribution in [-0.4, -0.2) is 16.5 Å². The predicted molar refractivity (Wildman–Crippen MR) is 70.3 cm³/mol. The number of fused-ring (bicyclic) bond motifs is 3. The van der Waals surface area contributed by atoms with E-state index in [1.165, 1.54) is 6.07 Å². The van der Waals surface area contributed by atoms with Gasteiger partial charge in [0.2, 0.25) is 0 Å². The van der Waals surface area contributed by atoms with Gasteiger partial charge in [0.15, 0.2) is 0 Å². The summed E-state index contributed by atoms with van der Waals surface area (Å²) in [5.74, 6) is 0.725. The topological polar surface area (TPSA) is 43.6 Å². The quantitative estimate of drug-likeness (QED) is 0.612. The van der Waals surface area contributed by atoms with E-state index >= 15 is 0 Å². The minimum Gasteiger partial charge on any atom is -0.496 e. The molecule has 0 aliphatic heterocycles. The molecule has 0 bridgehead atoms. The van der Waals surface area contributed by atoms with Gasteiger partial charge in [-0.1, -0.05) is 12.1 Å². The Hall–Kier alpha value is -2.36. The third kappa shape index (κ3) is 1.46. The minimum absolute atomic E-state index is 0.232. The molecule has 1 aromatic carbocycles. The van der Waals surface area contributed by atoms with Crippen molar-refractivity contribution in [3.05, 3.63) is 52.4 Å². The minimum atomic E-state index is -0.232. The number of para-hydroxylation sites is 1. The van der Waals surface area contributed by atoms with E-state index in [1.54, 1.807) is 13.2 Å². The summed E-state index contributed by atoms with van der Waals surface area (Å²) < 4.78 is 7.32. The van der Waals surface area contributed by atoms with Crippen LogP contribution in [0.4, 0.5) is 0 Å². The van der Waals surface area contributed by atoms with Crippen LogP contribution in [0.15, 0.2) is 41.2 Å². The van der Waals surface area contributed by atoms with Crippen LogP contribution in [-0.2, 0) is 0 Å². The summed E-state index contributed by atoms with van der Waals surface area (Å²) in [7, 11) is 1.62. The van der Waals surface area contributed by atoms with E-state index in [4.69, 9.17) is 4.74 Å². The number of aromatic nitrogens is 2. The normalized spacial score (nSPS) is 11.0. The van der Waals surface area contributed by atoms with Gasteiger partial charge in [0.05, 0.1) is 12.6 Å². The monoisotopic (exact) mass is 240 g/mol. The van der Waals surface area contributed by atoms with E-state index in [1.807, 2.05) is 35.6 Å². The van der Waals surface area contributed by atoms with Crippen molar-refractivity contribution >= 4 is 16.6 Å². The van der Waals surface area contributed by atoms with Gasteiger partial charge in [0.25, 0.3) is 5.56 Å². The number of ether oxygens (including phenoxy) is 1. The summed E-state index contributed by atoms with van der Waals surface area (Å²) in [5.41, 5.74) is 2.22. The van der Waals surface area contributed by atoms with Crippen molar-refractivity contribution in [3.63, 3.8) is 0 Å². The number of benzene rings is 1. The van der Waals surface area contributed by atoms with Crippen LogP contribution < -0.4 is 10.3 Å². The first-order chi connectivity index (χ1) is 8.70. The first-order valence-electron chi connectivity index (χ1n) is 5.67. The zero-order valence-electron chi connectivity index (χ0n) is 10.2. The maximum absolute atomic E-state index is 11.5. The summed E-state index contributed by atoms with van der Waals surface area (Å²) in [4.78, 5) is 15.5. The zero-order chi connectivity index (χ0) is 12.7. The summed E-state index contributed by atoms with van der Waals surface area (Å²) in [6.07, 6.45) is 0. The van der Waals surface area contributed by atoms with Crippen LogP contribution in [0.1, 0.15) is 5.69 Å². The molecule has 0 saturated heterocycles. The summed E-state index contributed by atoms with van der Waals surface area (Å²) in [5, 5.41) is 1.00. The van der Waals surface area contributed by atoms with Gasteiger partial charge in [-0.15, -0.1) is 0 Å². The highest BCUT2D eigenvalue weighted by Crippen LogP contribution is 2.27. The van der Waals surface area contributed by atoms with Crippen molar-refractivity contribution in [2.45, 2.75) is 6.92 Å². The van der Waals surface area contributed by atoms with Gasteiger partial charge in [-0.2, -0.15) is 4.98 Å². The highest BCUT2D eigenvalue weighted by molar-refractivity contribution is 5.88. The molecule has 0 spiro atoms. The van der Waals surface area contributed by atoms with Crippen molar-refractivity contribution in [1.82, 2.24) is 9.38 Å². The molecule has 3 rings (SSSR count). The van der Waals surface area contributed by atoms with E-state index in [9.17, 15) is 4.79 Å². The number of aryl methyl sites for hydroxylation is 1. The zero-order valence-corrected chi connectivity index (χ0v) is 10.2. The maximum atomic E-state index is 11.5. The van der Waals surface area contributed by atoms with Gasteiger partial charge in [-0.05, 0) is 19.1 Å². The number of methoxy groups -OCH3 is 1. The predicted octanol–water partition coefficient (Wildman–Crippen LogP) is 2.16. The lowest BCUT2D eigenvalue weighted by Gasteiger charge is -2.12. The van der Waals surface area contributed by atoms with Gasteiger partial charge in [0, 0.05) is 23.2 Å². The van der Waals surface area contributed by atoms with Crippen molar-refractivity contribution in [2.75, 3.05) is 7.11 Å². The second-order valence-corrected chi connectivity index (χ2v) is 4.16. The number of rotatable bonds is 1. The van der Waals surface area contributed by atoms with E-state index < -0.39 is 0 Å². The molecule has 0 atom stereocenters. The van der Waals surface area contributed by atoms with Gasteiger partial charge in [0.1, 0.15) is 11.4 Å². The Bertz CT molecular complexity index is 806. The number of hydrogen-bond acceptors (Lipinski definition) is 3. The molecule has 0 saturated carbocycles. The summed E-state index contributed by atoms with van der Waals surface area (Å²) in [6.45, 7) is 1.90. The molecule has 90 valence electrons. The lowest BCUT2D eigenvalue weighted by Crippen LogP contribution is -2.11. The van der Waals surface area contributed by atoms with E-state index in [0.717, 1.165) is 22.3 Å². The average molecular weight is 240 g/mol. The number of hydrogen-bond donors (Lipinski definition) is 0. The van der Waals surface area contributed by atoms with Crippen molar-refractivity contribution in [1.29, 1.82) is 0 Å². The third-order valence-electron chi connectivity index (χ3n) is 3.03. The van der Waals surface area contributed by atoms with Crippen LogP contribution in [0.2, 0.25) is 0 Å². The molecule has 2 aromatic heterocycles. The molecule has 0 unspecified atom stereocenters. The molecule has 2 heterocycles. The Morgan fingerprint density at radius 2 is 2.00 bits per heavy atom. The van der Waals surface area contributed by atoms with Crippen LogP contribution in [0.25, 0.3) is 16.6 Å². The van der Waals surface area contributed by atoms with Crippen molar-refractivity contribution < 1.29 is 4.74 Å². The molecule has 3 aromatic rings. The molecule has 0 N–H and O–H groups in total. The number of nitrogens with zero attached hydrogens (tertiary/aromatic N) is 2. The lowest BCUT2D eigenvalue weighted by molar-refractivity contribution is 0.420. The number of pyridine rings is 1. The maximum Gasteiger partial charge on any atom is 0.273 e. The van der Waals surface area contributed by atoms with Gasteiger partial charge >= 0.3 is 0 Å². The van der Waals surface area contributed by atoms with Crippen molar-refractivity contribution in [3.8, 4) is 5.75 Å². The van der Waals surface area contributed by atoms with E-state index in [-0.39, 0.29) is 5.56 Å². The fraction of sp³-hybridized carbons (Fsp3) is 0.143. The van der Waals surface area contributed by atoms with Crippen LogP contribution >= 0.6 is 0 Å². The molecule has 4 nitrogen and oxygen atoms in total. The Balaban J connectivity index is 2.63. The van der Waals surface area contributed by atoms with Gasteiger partial charge in [-0.25, -0.2) is 0 Å². The molecule has 0 radical (unpaired) electrons.